The van der Waals surface area contributed by atoms with E-state index in [1.807, 2.05) is 48.5 Å². The molecule has 1 N–H and O–H groups in total. The van der Waals surface area contributed by atoms with Crippen molar-refractivity contribution >= 4 is 5.91 Å². The smallest absolute Gasteiger partial charge is 0.220 e. The minimum Gasteiger partial charge on any atom is -0.497 e. The summed E-state index contributed by atoms with van der Waals surface area (Å²) in [5.41, 5.74) is 2.29. The van der Waals surface area contributed by atoms with Crippen LogP contribution >= 0.6 is 0 Å². The third-order valence-electron chi connectivity index (χ3n) is 4.05. The molecule has 0 aliphatic heterocycles. The number of hydrogen-bond acceptors (Lipinski definition) is 3. The molecule has 0 aromatic heterocycles. The highest BCUT2D eigenvalue weighted by Crippen LogP contribution is 2.21. The molecule has 4 nitrogen and oxygen atoms in total. The summed E-state index contributed by atoms with van der Waals surface area (Å²) in [7, 11) is 3.30. The summed E-state index contributed by atoms with van der Waals surface area (Å²) in [6.07, 6.45) is 1.27. The number of carbonyl (C=O) groups excluding carboxylic acids is 1. The Morgan fingerprint density at radius 2 is 1.75 bits per heavy atom. The number of amides is 1. The van der Waals surface area contributed by atoms with Gasteiger partial charge in [0.05, 0.1) is 14.2 Å². The fourth-order valence-corrected chi connectivity index (χ4v) is 2.57. The third-order valence-corrected chi connectivity index (χ3v) is 4.05. The van der Waals surface area contributed by atoms with E-state index in [4.69, 9.17) is 9.47 Å². The van der Waals surface area contributed by atoms with E-state index in [9.17, 15) is 4.79 Å². The summed E-state index contributed by atoms with van der Waals surface area (Å²) in [5.74, 6) is 1.91. The Hall–Kier alpha value is -2.49. The first-order chi connectivity index (χ1) is 11.6. The lowest BCUT2D eigenvalue weighted by atomic mass is 9.97. The van der Waals surface area contributed by atoms with E-state index in [2.05, 4.69) is 12.2 Å². The molecule has 2 rings (SSSR count). The number of carbonyl (C=O) groups is 1. The van der Waals surface area contributed by atoms with Gasteiger partial charge in [-0.25, -0.2) is 0 Å². The predicted octanol–water partition coefficient (Wildman–Crippen LogP) is 3.56. The quantitative estimate of drug-likeness (QED) is 0.806. The molecule has 1 atom stereocenters. The number of ether oxygens (including phenoxy) is 2. The van der Waals surface area contributed by atoms with Crippen LogP contribution in [-0.4, -0.2) is 26.7 Å². The van der Waals surface area contributed by atoms with Gasteiger partial charge in [-0.3, -0.25) is 4.79 Å². The monoisotopic (exact) mass is 327 g/mol. The Balaban J connectivity index is 1.77. The fourth-order valence-electron chi connectivity index (χ4n) is 2.57. The minimum absolute atomic E-state index is 0.0706. The van der Waals surface area contributed by atoms with Crippen molar-refractivity contribution in [3.63, 3.8) is 0 Å². The first-order valence-corrected chi connectivity index (χ1v) is 8.16. The SMILES string of the molecule is COc1ccc(C(C)CC(=O)NCCc2cccc(OC)c2)cc1. The van der Waals surface area contributed by atoms with Crippen LogP contribution in [-0.2, 0) is 11.2 Å². The van der Waals surface area contributed by atoms with E-state index in [0.717, 1.165) is 29.0 Å². The maximum Gasteiger partial charge on any atom is 0.220 e. The Morgan fingerprint density at radius 1 is 1.04 bits per heavy atom. The molecule has 24 heavy (non-hydrogen) atoms. The average molecular weight is 327 g/mol. The van der Waals surface area contributed by atoms with E-state index in [1.54, 1.807) is 14.2 Å². The maximum atomic E-state index is 12.1. The minimum atomic E-state index is 0.0706. The van der Waals surface area contributed by atoms with Crippen molar-refractivity contribution in [1.82, 2.24) is 5.32 Å². The zero-order valence-electron chi connectivity index (χ0n) is 14.5. The Labute approximate surface area is 143 Å². The van der Waals surface area contributed by atoms with Crippen molar-refractivity contribution in [3.8, 4) is 11.5 Å². The van der Waals surface area contributed by atoms with Crippen molar-refractivity contribution in [2.24, 2.45) is 0 Å². The molecule has 0 aliphatic rings. The Bertz CT molecular complexity index is 652. The van der Waals surface area contributed by atoms with Crippen molar-refractivity contribution in [1.29, 1.82) is 0 Å². The van der Waals surface area contributed by atoms with Crippen LogP contribution in [0, 0.1) is 0 Å². The lowest BCUT2D eigenvalue weighted by molar-refractivity contribution is -0.121. The topological polar surface area (TPSA) is 47.6 Å². The Morgan fingerprint density at radius 3 is 2.42 bits per heavy atom. The highest BCUT2D eigenvalue weighted by Gasteiger charge is 2.11. The molecule has 0 saturated heterocycles. The Kier molecular flexibility index (Phi) is 6.67. The number of rotatable bonds is 8. The molecule has 1 unspecified atom stereocenters. The summed E-state index contributed by atoms with van der Waals surface area (Å²) in [6.45, 7) is 2.69. The van der Waals surface area contributed by atoms with Crippen molar-refractivity contribution in [2.75, 3.05) is 20.8 Å². The van der Waals surface area contributed by atoms with E-state index in [0.29, 0.717) is 13.0 Å². The molecule has 0 saturated carbocycles. The van der Waals surface area contributed by atoms with Gasteiger partial charge >= 0.3 is 0 Å². The fraction of sp³-hybridized carbons (Fsp3) is 0.350. The molecule has 0 fully saturated rings. The largest absolute Gasteiger partial charge is 0.497 e. The van der Waals surface area contributed by atoms with Crippen molar-refractivity contribution in [2.45, 2.75) is 25.7 Å². The summed E-state index contributed by atoms with van der Waals surface area (Å²) in [5, 5.41) is 2.99. The van der Waals surface area contributed by atoms with Gasteiger partial charge in [0, 0.05) is 13.0 Å². The molecule has 0 radical (unpaired) electrons. The van der Waals surface area contributed by atoms with Gasteiger partial charge in [-0.05, 0) is 47.7 Å². The number of hydrogen-bond donors (Lipinski definition) is 1. The predicted molar refractivity (Wildman–Crippen MR) is 95.7 cm³/mol. The van der Waals surface area contributed by atoms with Crippen molar-refractivity contribution < 1.29 is 14.3 Å². The molecule has 0 bridgehead atoms. The lowest BCUT2D eigenvalue weighted by Crippen LogP contribution is -2.26. The van der Waals surface area contributed by atoms with Gasteiger partial charge in [0.1, 0.15) is 11.5 Å². The van der Waals surface area contributed by atoms with Crippen LogP contribution in [0.2, 0.25) is 0 Å². The number of nitrogens with one attached hydrogen (secondary N) is 1. The van der Waals surface area contributed by atoms with Gasteiger partial charge in [-0.15, -0.1) is 0 Å². The van der Waals surface area contributed by atoms with Crippen LogP contribution in [0.3, 0.4) is 0 Å². The molecule has 0 aliphatic carbocycles. The van der Waals surface area contributed by atoms with Crippen LogP contribution in [0.15, 0.2) is 48.5 Å². The summed E-state index contributed by atoms with van der Waals surface area (Å²) < 4.78 is 10.4. The van der Waals surface area contributed by atoms with Gasteiger partial charge in [-0.2, -0.15) is 0 Å². The van der Waals surface area contributed by atoms with Gasteiger partial charge in [0.15, 0.2) is 0 Å². The molecule has 4 heteroatoms. The highest BCUT2D eigenvalue weighted by atomic mass is 16.5. The number of benzene rings is 2. The summed E-state index contributed by atoms with van der Waals surface area (Å²) in [6, 6.07) is 15.8. The second kappa shape index (κ2) is 8.96. The van der Waals surface area contributed by atoms with Crippen LogP contribution in [0.4, 0.5) is 0 Å². The van der Waals surface area contributed by atoms with Crippen LogP contribution in [0.1, 0.15) is 30.4 Å². The van der Waals surface area contributed by atoms with E-state index in [-0.39, 0.29) is 11.8 Å². The molecule has 2 aromatic rings. The van der Waals surface area contributed by atoms with Gasteiger partial charge in [-0.1, -0.05) is 31.2 Å². The molecular formula is C20H25NO3. The zero-order valence-corrected chi connectivity index (χ0v) is 14.5. The van der Waals surface area contributed by atoms with Gasteiger partial charge in [0.2, 0.25) is 5.91 Å². The van der Waals surface area contributed by atoms with E-state index >= 15 is 0 Å². The second-order valence-electron chi connectivity index (χ2n) is 5.83. The normalized spacial score (nSPS) is 11.6. The molecule has 0 heterocycles. The number of methoxy groups -OCH3 is 2. The van der Waals surface area contributed by atoms with Crippen molar-refractivity contribution in [3.05, 3.63) is 59.7 Å². The van der Waals surface area contributed by atoms with Gasteiger partial charge < -0.3 is 14.8 Å². The lowest BCUT2D eigenvalue weighted by Gasteiger charge is -2.13. The van der Waals surface area contributed by atoms with E-state index in [1.165, 1.54) is 0 Å². The standard InChI is InChI=1S/C20H25NO3/c1-15(17-7-9-18(23-2)10-8-17)13-20(22)21-12-11-16-5-4-6-19(14-16)24-3/h4-10,14-15H,11-13H2,1-3H3,(H,21,22). The molecule has 1 amide bonds. The first-order valence-electron chi connectivity index (χ1n) is 8.16. The highest BCUT2D eigenvalue weighted by molar-refractivity contribution is 5.76. The first kappa shape index (κ1) is 17.9. The molecule has 0 spiro atoms. The molecule has 2 aromatic carbocycles. The van der Waals surface area contributed by atoms with Crippen LogP contribution in [0.25, 0.3) is 0 Å². The molecular weight excluding hydrogens is 302 g/mol. The van der Waals surface area contributed by atoms with E-state index < -0.39 is 0 Å². The average Bonchev–Trinajstić information content (AvgIpc) is 2.62. The maximum absolute atomic E-state index is 12.1. The molecule has 128 valence electrons. The second-order valence-corrected chi connectivity index (χ2v) is 5.83. The summed E-state index contributed by atoms with van der Waals surface area (Å²) >= 11 is 0. The zero-order chi connectivity index (χ0) is 17.4. The van der Waals surface area contributed by atoms with Crippen LogP contribution in [0.5, 0.6) is 11.5 Å². The summed E-state index contributed by atoms with van der Waals surface area (Å²) in [4.78, 5) is 12.1. The van der Waals surface area contributed by atoms with Gasteiger partial charge in [0.25, 0.3) is 0 Å². The van der Waals surface area contributed by atoms with Crippen LogP contribution < -0.4 is 14.8 Å². The third kappa shape index (κ3) is 5.30.